The van der Waals surface area contributed by atoms with Gasteiger partial charge in [-0.3, -0.25) is 9.69 Å². The Hall–Kier alpha value is -3.72. The van der Waals surface area contributed by atoms with Crippen molar-refractivity contribution < 1.29 is 22.7 Å². The van der Waals surface area contributed by atoms with Crippen LogP contribution in [0.4, 0.5) is 13.2 Å². The lowest BCUT2D eigenvalue weighted by molar-refractivity contribution is -0.138. The minimum atomic E-state index is -4.68. The van der Waals surface area contributed by atoms with E-state index in [4.69, 9.17) is 10.5 Å². The summed E-state index contributed by atoms with van der Waals surface area (Å²) in [7, 11) is 3.21. The molecule has 0 aliphatic carbocycles. The third-order valence-corrected chi connectivity index (χ3v) is 4.44. The number of rotatable bonds is 7. The summed E-state index contributed by atoms with van der Waals surface area (Å²) in [5.74, 6) is -0.903. The van der Waals surface area contributed by atoms with Crippen LogP contribution in [0.3, 0.4) is 0 Å². The molecule has 0 spiro atoms. The molecule has 1 aromatic carbocycles. The number of likely N-dealkylation sites (N-methyl/N-ethyl adjacent to an activating group) is 1. The number of aromatic nitrogens is 4. The summed E-state index contributed by atoms with van der Waals surface area (Å²) in [6.45, 7) is 0.0988. The summed E-state index contributed by atoms with van der Waals surface area (Å²) in [5.41, 5.74) is 5.13. The van der Waals surface area contributed by atoms with Gasteiger partial charge in [0.25, 0.3) is 0 Å². The van der Waals surface area contributed by atoms with Gasteiger partial charge in [0.1, 0.15) is 23.9 Å². The van der Waals surface area contributed by atoms with Crippen LogP contribution in [0.15, 0.2) is 24.3 Å². The maximum absolute atomic E-state index is 13.7. The predicted octanol–water partition coefficient (Wildman–Crippen LogP) is 1.72. The Kier molecular flexibility index (Phi) is 6.07. The number of amides is 1. The van der Waals surface area contributed by atoms with Crippen molar-refractivity contribution in [2.75, 3.05) is 26.7 Å². The van der Waals surface area contributed by atoms with Gasteiger partial charge >= 0.3 is 6.18 Å². The first-order valence-corrected chi connectivity index (χ1v) is 9.02. The molecule has 3 rings (SSSR count). The van der Waals surface area contributed by atoms with Crippen molar-refractivity contribution in [3.05, 3.63) is 35.5 Å². The minimum absolute atomic E-state index is 0.0351. The number of aryl methyl sites for hydroxylation is 1. The van der Waals surface area contributed by atoms with E-state index in [1.54, 1.807) is 14.1 Å². The van der Waals surface area contributed by atoms with Gasteiger partial charge < -0.3 is 10.5 Å². The summed E-state index contributed by atoms with van der Waals surface area (Å²) >= 11 is 0. The van der Waals surface area contributed by atoms with E-state index in [0.29, 0.717) is 5.52 Å². The molecule has 2 heterocycles. The summed E-state index contributed by atoms with van der Waals surface area (Å²) in [6, 6.07) is 6.95. The van der Waals surface area contributed by atoms with Crippen molar-refractivity contribution in [1.82, 2.24) is 24.9 Å². The van der Waals surface area contributed by atoms with E-state index in [9.17, 15) is 23.2 Å². The number of benzene rings is 1. The molecule has 2 N–H and O–H groups in total. The van der Waals surface area contributed by atoms with Crippen LogP contribution in [0.5, 0.6) is 5.75 Å². The number of hydrogen-bond acceptors (Lipinski definition) is 7. The lowest BCUT2D eigenvalue weighted by Gasteiger charge is -2.18. The minimum Gasteiger partial charge on any atom is -0.492 e. The Balaban J connectivity index is 1.94. The highest BCUT2D eigenvalue weighted by Gasteiger charge is 2.35. The highest BCUT2D eigenvalue weighted by molar-refractivity contribution is 5.83. The Morgan fingerprint density at radius 3 is 2.74 bits per heavy atom. The van der Waals surface area contributed by atoms with Crippen molar-refractivity contribution in [3.8, 4) is 23.1 Å². The van der Waals surface area contributed by atoms with Crippen LogP contribution in [0.25, 0.3) is 22.3 Å². The Morgan fingerprint density at radius 2 is 2.10 bits per heavy atom. The number of alkyl halides is 3. The molecule has 0 bridgehead atoms. The molecule has 3 aromatic rings. The topological polar surface area (TPSA) is 123 Å². The van der Waals surface area contributed by atoms with Crippen LogP contribution in [-0.2, 0) is 18.0 Å². The number of hydrogen-bond donors (Lipinski definition) is 1. The molecule has 0 aliphatic heterocycles. The number of pyridine rings is 1. The molecule has 0 atom stereocenters. The van der Waals surface area contributed by atoms with Gasteiger partial charge in [-0.25, -0.2) is 9.67 Å². The van der Waals surface area contributed by atoms with E-state index in [1.807, 2.05) is 6.07 Å². The van der Waals surface area contributed by atoms with Crippen LogP contribution in [0.2, 0.25) is 0 Å². The van der Waals surface area contributed by atoms with Crippen molar-refractivity contribution in [3.63, 3.8) is 0 Å². The van der Waals surface area contributed by atoms with E-state index in [2.05, 4.69) is 15.3 Å². The van der Waals surface area contributed by atoms with Crippen molar-refractivity contribution >= 4 is 16.9 Å². The van der Waals surface area contributed by atoms with Crippen LogP contribution in [0.1, 0.15) is 11.3 Å². The van der Waals surface area contributed by atoms with Crippen molar-refractivity contribution in [2.24, 2.45) is 12.8 Å². The number of nitrogens with zero attached hydrogens (tertiary/aromatic N) is 6. The third-order valence-electron chi connectivity index (χ3n) is 4.44. The lowest BCUT2D eigenvalue weighted by atomic mass is 10.1. The molecule has 31 heavy (non-hydrogen) atoms. The summed E-state index contributed by atoms with van der Waals surface area (Å²) in [5, 5.41) is 17.0. The van der Waals surface area contributed by atoms with Crippen molar-refractivity contribution in [2.45, 2.75) is 6.18 Å². The van der Waals surface area contributed by atoms with Crippen LogP contribution in [0, 0.1) is 11.3 Å². The molecule has 0 aliphatic rings. The average molecular weight is 433 g/mol. The summed E-state index contributed by atoms with van der Waals surface area (Å²) < 4.78 is 47.7. The van der Waals surface area contributed by atoms with E-state index in [-0.39, 0.29) is 47.9 Å². The molecule has 0 radical (unpaired) electrons. The molecule has 9 nitrogen and oxygen atoms in total. The fraction of sp³-hybridized carbons (Fsp3) is 0.316. The van der Waals surface area contributed by atoms with Crippen LogP contribution in [-0.4, -0.2) is 57.5 Å². The first-order chi connectivity index (χ1) is 14.6. The number of fused-ring (bicyclic) bond motifs is 1. The molecule has 0 unspecified atom stereocenters. The second kappa shape index (κ2) is 8.57. The molecule has 0 saturated heterocycles. The van der Waals surface area contributed by atoms with Crippen molar-refractivity contribution in [1.29, 1.82) is 5.26 Å². The van der Waals surface area contributed by atoms with Crippen LogP contribution >= 0.6 is 0 Å². The van der Waals surface area contributed by atoms with Gasteiger partial charge in [0.2, 0.25) is 5.91 Å². The van der Waals surface area contributed by atoms with Gasteiger partial charge in [0.05, 0.1) is 23.3 Å². The Labute approximate surface area is 174 Å². The van der Waals surface area contributed by atoms with E-state index in [0.717, 1.165) is 6.07 Å². The smallest absolute Gasteiger partial charge is 0.419 e. The fourth-order valence-electron chi connectivity index (χ4n) is 2.95. The maximum atomic E-state index is 13.7. The van der Waals surface area contributed by atoms with Gasteiger partial charge in [-0.2, -0.15) is 18.4 Å². The van der Waals surface area contributed by atoms with E-state index in [1.165, 1.54) is 27.8 Å². The molecule has 12 heteroatoms. The number of halogens is 3. The molecule has 2 aromatic heterocycles. The second-order valence-corrected chi connectivity index (χ2v) is 6.81. The number of primary amides is 1. The standard InChI is InChI=1S/C19H18F3N7O2/c1-28(10-17(24)30)5-6-31-16-4-3-11(7-12(16)19(20,21)22)13-8-15-18(14(9-23)25-13)26-27-29(15)2/h3-4,7-8H,5-6,10H2,1-2H3,(H2,24,30). The molecular weight excluding hydrogens is 415 g/mol. The SMILES string of the molecule is CN(CCOc1ccc(-c2cc3c(nnn3C)c(C#N)n2)cc1C(F)(F)F)CC(N)=O. The van der Waals surface area contributed by atoms with Crippen LogP contribution < -0.4 is 10.5 Å². The van der Waals surface area contributed by atoms with Gasteiger partial charge in [-0.15, -0.1) is 5.10 Å². The normalized spacial score (nSPS) is 11.6. The first-order valence-electron chi connectivity index (χ1n) is 9.02. The summed E-state index contributed by atoms with van der Waals surface area (Å²) in [6.07, 6.45) is -4.68. The van der Waals surface area contributed by atoms with E-state index >= 15 is 0 Å². The highest BCUT2D eigenvalue weighted by Crippen LogP contribution is 2.39. The molecule has 0 fully saturated rings. The van der Waals surface area contributed by atoms with Gasteiger partial charge in [-0.05, 0) is 31.3 Å². The molecule has 0 saturated carbocycles. The average Bonchev–Trinajstić information content (AvgIpc) is 3.07. The monoisotopic (exact) mass is 433 g/mol. The van der Waals surface area contributed by atoms with Gasteiger partial charge in [0.15, 0.2) is 5.69 Å². The number of nitriles is 1. The number of nitrogens with two attached hydrogens (primary N) is 1. The predicted molar refractivity (Wildman–Crippen MR) is 104 cm³/mol. The third kappa shape index (κ3) is 4.89. The molecular formula is C19H18F3N7O2. The quantitative estimate of drug-likeness (QED) is 0.602. The largest absolute Gasteiger partial charge is 0.492 e. The van der Waals surface area contributed by atoms with Gasteiger partial charge in [0, 0.05) is 19.2 Å². The Morgan fingerprint density at radius 1 is 1.35 bits per heavy atom. The number of ether oxygens (including phenoxy) is 1. The zero-order valence-corrected chi connectivity index (χ0v) is 16.6. The highest BCUT2D eigenvalue weighted by atomic mass is 19.4. The number of carbonyl (C=O) groups excluding carboxylic acids is 1. The molecule has 162 valence electrons. The number of carbonyl (C=O) groups is 1. The maximum Gasteiger partial charge on any atom is 0.419 e. The second-order valence-electron chi connectivity index (χ2n) is 6.81. The lowest BCUT2D eigenvalue weighted by Crippen LogP contribution is -2.33. The summed E-state index contributed by atoms with van der Waals surface area (Å²) in [4.78, 5) is 16.6. The van der Waals surface area contributed by atoms with Gasteiger partial charge in [-0.1, -0.05) is 5.21 Å². The fourth-order valence-corrected chi connectivity index (χ4v) is 2.95. The zero-order valence-electron chi connectivity index (χ0n) is 16.6. The zero-order chi connectivity index (χ0) is 22.8. The Bertz CT molecular complexity index is 1170. The molecule has 1 amide bonds. The first kappa shape index (κ1) is 22.0. The van der Waals surface area contributed by atoms with E-state index < -0.39 is 17.6 Å².